The van der Waals surface area contributed by atoms with Crippen molar-refractivity contribution < 1.29 is 14.3 Å². The summed E-state index contributed by atoms with van der Waals surface area (Å²) in [4.78, 5) is 27.3. The number of amides is 1. The molecule has 0 saturated carbocycles. The van der Waals surface area contributed by atoms with E-state index >= 15 is 0 Å². The van der Waals surface area contributed by atoms with Crippen LogP contribution in [0.2, 0.25) is 0 Å². The topological polar surface area (TPSA) is 77.3 Å². The van der Waals surface area contributed by atoms with Gasteiger partial charge in [-0.3, -0.25) is 9.36 Å². The Balaban J connectivity index is 1.54. The highest BCUT2D eigenvalue weighted by Gasteiger charge is 2.35. The molecule has 0 unspecified atom stereocenters. The van der Waals surface area contributed by atoms with Crippen molar-refractivity contribution in [2.24, 2.45) is 0 Å². The second-order valence-electron chi connectivity index (χ2n) is 7.90. The molecule has 3 aromatic rings. The summed E-state index contributed by atoms with van der Waals surface area (Å²) >= 11 is 1.31. The predicted molar refractivity (Wildman–Crippen MR) is 128 cm³/mol. The number of carbonyl (C=O) groups is 2. The van der Waals surface area contributed by atoms with Gasteiger partial charge in [0.1, 0.15) is 6.04 Å². The highest BCUT2D eigenvalue weighted by atomic mass is 32.2. The van der Waals surface area contributed by atoms with Crippen LogP contribution in [-0.4, -0.2) is 50.4 Å². The van der Waals surface area contributed by atoms with Gasteiger partial charge in [0.15, 0.2) is 11.0 Å². The maximum atomic E-state index is 13.2. The summed E-state index contributed by atoms with van der Waals surface area (Å²) in [5, 5.41) is 9.33. The Morgan fingerprint density at radius 3 is 2.70 bits per heavy atom. The maximum absolute atomic E-state index is 13.2. The van der Waals surface area contributed by atoms with Gasteiger partial charge in [-0.2, -0.15) is 0 Å². The third-order valence-electron chi connectivity index (χ3n) is 5.67. The van der Waals surface area contributed by atoms with Crippen molar-refractivity contribution in [3.05, 3.63) is 77.9 Å². The van der Waals surface area contributed by atoms with Gasteiger partial charge >= 0.3 is 5.97 Å². The monoisotopic (exact) mass is 462 g/mol. The van der Waals surface area contributed by atoms with Crippen LogP contribution in [0.4, 0.5) is 0 Å². The average Bonchev–Trinajstić information content (AvgIpc) is 3.24. The lowest BCUT2D eigenvalue weighted by Crippen LogP contribution is -2.49. The Kier molecular flexibility index (Phi) is 6.93. The third kappa shape index (κ3) is 4.85. The van der Waals surface area contributed by atoms with Crippen molar-refractivity contribution in [3.63, 3.8) is 0 Å². The number of thioether (sulfide) groups is 1. The number of ether oxygens (including phenoxy) is 1. The van der Waals surface area contributed by atoms with E-state index in [-0.39, 0.29) is 11.7 Å². The van der Waals surface area contributed by atoms with Crippen LogP contribution in [0.25, 0.3) is 11.4 Å². The van der Waals surface area contributed by atoms with Crippen LogP contribution in [0.5, 0.6) is 0 Å². The molecule has 1 atom stereocenters. The molecule has 7 nitrogen and oxygen atoms in total. The van der Waals surface area contributed by atoms with Crippen molar-refractivity contribution >= 4 is 23.6 Å². The first kappa shape index (κ1) is 22.8. The lowest BCUT2D eigenvalue weighted by Gasteiger charge is -2.35. The molecule has 1 aromatic heterocycles. The van der Waals surface area contributed by atoms with E-state index in [1.165, 1.54) is 18.9 Å². The van der Waals surface area contributed by atoms with Crippen LogP contribution in [-0.2, 0) is 33.8 Å². The van der Waals surface area contributed by atoms with E-state index in [1.807, 2.05) is 54.0 Å². The van der Waals surface area contributed by atoms with Gasteiger partial charge < -0.3 is 9.64 Å². The Morgan fingerprint density at radius 2 is 1.97 bits per heavy atom. The molecule has 0 radical (unpaired) electrons. The molecule has 33 heavy (non-hydrogen) atoms. The minimum Gasteiger partial charge on any atom is -0.467 e. The Labute approximate surface area is 197 Å². The van der Waals surface area contributed by atoms with Crippen LogP contribution in [0.3, 0.4) is 0 Å². The molecule has 0 fully saturated rings. The van der Waals surface area contributed by atoms with Crippen molar-refractivity contribution in [1.82, 2.24) is 19.7 Å². The summed E-state index contributed by atoms with van der Waals surface area (Å²) < 4.78 is 6.93. The summed E-state index contributed by atoms with van der Waals surface area (Å²) in [6, 6.07) is 15.3. The quantitative estimate of drug-likeness (QED) is 0.303. The second-order valence-corrected chi connectivity index (χ2v) is 8.84. The first-order valence-corrected chi connectivity index (χ1v) is 11.7. The first-order chi connectivity index (χ1) is 16.0. The van der Waals surface area contributed by atoms with E-state index in [1.54, 1.807) is 11.0 Å². The summed E-state index contributed by atoms with van der Waals surface area (Å²) in [7, 11) is 1.35. The van der Waals surface area contributed by atoms with Crippen molar-refractivity contribution in [2.45, 2.75) is 37.6 Å². The summed E-state index contributed by atoms with van der Waals surface area (Å²) in [5.74, 6) is 0.320. The fourth-order valence-corrected chi connectivity index (χ4v) is 4.86. The lowest BCUT2D eigenvalue weighted by molar-refractivity contribution is -0.153. The number of carbonyl (C=O) groups excluding carboxylic acids is 2. The number of hydrogen-bond donors (Lipinski definition) is 0. The summed E-state index contributed by atoms with van der Waals surface area (Å²) in [5.41, 5.74) is 4.20. The molecule has 1 aliphatic heterocycles. The van der Waals surface area contributed by atoms with Crippen molar-refractivity contribution in [2.75, 3.05) is 12.9 Å². The zero-order valence-electron chi connectivity index (χ0n) is 18.7. The Hall–Kier alpha value is -3.39. The number of rotatable bonds is 7. The second kappa shape index (κ2) is 10.0. The SMILES string of the molecule is C=CCn1c(SCC(=O)N2Cc3ccccc3C[C@H]2C(=O)OC)nnc1-c1cccc(C)c1. The highest BCUT2D eigenvalue weighted by molar-refractivity contribution is 7.99. The van der Waals surface area contributed by atoms with E-state index in [9.17, 15) is 9.59 Å². The van der Waals surface area contributed by atoms with Crippen LogP contribution < -0.4 is 0 Å². The molecule has 0 aliphatic carbocycles. The summed E-state index contributed by atoms with van der Waals surface area (Å²) in [6.45, 7) is 6.77. The van der Waals surface area contributed by atoms with Crippen molar-refractivity contribution in [1.29, 1.82) is 0 Å². The molecule has 0 bridgehead atoms. The van der Waals surface area contributed by atoms with Gasteiger partial charge in [0.05, 0.1) is 12.9 Å². The van der Waals surface area contributed by atoms with E-state index in [4.69, 9.17) is 4.74 Å². The Morgan fingerprint density at radius 1 is 1.18 bits per heavy atom. The molecule has 1 amide bonds. The number of allylic oxidation sites excluding steroid dienone is 1. The molecule has 170 valence electrons. The summed E-state index contributed by atoms with van der Waals surface area (Å²) in [6.07, 6.45) is 2.23. The number of aryl methyl sites for hydroxylation is 1. The van der Waals surface area contributed by atoms with Gasteiger partial charge in [-0.1, -0.05) is 65.9 Å². The number of fused-ring (bicyclic) bond motifs is 1. The minimum atomic E-state index is -0.633. The molecule has 2 heterocycles. The van der Waals surface area contributed by atoms with E-state index in [2.05, 4.69) is 22.8 Å². The van der Waals surface area contributed by atoms with Gasteiger partial charge in [-0.05, 0) is 24.1 Å². The largest absolute Gasteiger partial charge is 0.467 e. The van der Waals surface area contributed by atoms with E-state index < -0.39 is 12.0 Å². The smallest absolute Gasteiger partial charge is 0.328 e. The molecular formula is C25H26N4O3S. The number of hydrogen-bond acceptors (Lipinski definition) is 6. The predicted octanol–water partition coefficient (Wildman–Crippen LogP) is 3.66. The molecule has 1 aliphatic rings. The zero-order valence-corrected chi connectivity index (χ0v) is 19.5. The van der Waals surface area contributed by atoms with Gasteiger partial charge in [-0.25, -0.2) is 4.79 Å². The van der Waals surface area contributed by atoms with E-state index in [0.717, 1.165) is 28.1 Å². The standard InChI is InChI=1S/C25H26N4O3S/c1-4-12-28-23(19-11-7-8-17(2)13-19)26-27-25(28)33-16-22(30)29-15-20-10-6-5-9-18(20)14-21(29)24(31)32-3/h4-11,13,21H,1,12,14-16H2,2-3H3/t21-/m0/s1. The van der Waals surface area contributed by atoms with Crippen LogP contribution in [0.15, 0.2) is 66.3 Å². The molecule has 0 saturated heterocycles. The van der Waals surface area contributed by atoms with Crippen LogP contribution in [0, 0.1) is 6.92 Å². The molecule has 0 spiro atoms. The normalized spacial score (nSPS) is 15.1. The zero-order chi connectivity index (χ0) is 23.4. The van der Waals surface area contributed by atoms with Crippen LogP contribution in [0.1, 0.15) is 16.7 Å². The molecule has 8 heteroatoms. The number of nitrogens with zero attached hydrogens (tertiary/aromatic N) is 4. The van der Waals surface area contributed by atoms with Crippen molar-refractivity contribution in [3.8, 4) is 11.4 Å². The number of aromatic nitrogens is 3. The molecule has 0 N–H and O–H groups in total. The fourth-order valence-electron chi connectivity index (χ4n) is 4.03. The molecule has 4 rings (SSSR count). The number of esters is 1. The fraction of sp³-hybridized carbons (Fsp3) is 0.280. The molecule has 2 aromatic carbocycles. The third-order valence-corrected chi connectivity index (χ3v) is 6.62. The van der Waals surface area contributed by atoms with E-state index in [0.29, 0.717) is 24.7 Å². The van der Waals surface area contributed by atoms with Gasteiger partial charge in [0, 0.05) is 25.1 Å². The lowest BCUT2D eigenvalue weighted by atomic mass is 9.94. The van der Waals surface area contributed by atoms with Crippen LogP contribution >= 0.6 is 11.8 Å². The van der Waals surface area contributed by atoms with Gasteiger partial charge in [0.25, 0.3) is 0 Å². The van der Waals surface area contributed by atoms with Gasteiger partial charge in [-0.15, -0.1) is 16.8 Å². The number of benzene rings is 2. The highest BCUT2D eigenvalue weighted by Crippen LogP contribution is 2.28. The first-order valence-electron chi connectivity index (χ1n) is 10.7. The maximum Gasteiger partial charge on any atom is 0.328 e. The average molecular weight is 463 g/mol. The number of methoxy groups -OCH3 is 1. The minimum absolute atomic E-state index is 0.138. The molecular weight excluding hydrogens is 436 g/mol. The van der Waals surface area contributed by atoms with Gasteiger partial charge in [0.2, 0.25) is 5.91 Å². The Bertz CT molecular complexity index is 1190.